The molecule has 0 saturated heterocycles. The lowest BCUT2D eigenvalue weighted by Crippen LogP contribution is -2.44. The van der Waals surface area contributed by atoms with Crippen LogP contribution in [0.25, 0.3) is 0 Å². The molecule has 0 saturated carbocycles. The quantitative estimate of drug-likeness (QED) is 0.0702. The van der Waals surface area contributed by atoms with Crippen LogP contribution in [0.4, 0.5) is 22.7 Å². The Labute approximate surface area is 327 Å². The molecule has 2 atom stereocenters. The van der Waals surface area contributed by atoms with Crippen LogP contribution in [0.1, 0.15) is 73.1 Å². The lowest BCUT2D eigenvalue weighted by Gasteiger charge is -2.20. The lowest BCUT2D eigenvalue weighted by atomic mass is 10.1. The van der Waals surface area contributed by atoms with Gasteiger partial charge in [-0.05, 0) is 85.6 Å². The summed E-state index contributed by atoms with van der Waals surface area (Å²) in [6, 6.07) is 28.1. The number of rotatable bonds is 19. The fraction of sp³-hybridized carbons (Fsp3) is 0.333. The van der Waals surface area contributed by atoms with Crippen molar-refractivity contribution in [3.63, 3.8) is 0 Å². The van der Waals surface area contributed by atoms with Gasteiger partial charge < -0.3 is 31.1 Å². The van der Waals surface area contributed by atoms with Crippen LogP contribution in [0, 0.1) is 0 Å². The van der Waals surface area contributed by atoms with Gasteiger partial charge in [0.05, 0.1) is 11.1 Å². The van der Waals surface area contributed by atoms with Gasteiger partial charge in [-0.15, -0.1) is 0 Å². The Hall–Kier alpha value is -4.94. The number of amides is 4. The van der Waals surface area contributed by atoms with Gasteiger partial charge in [0.2, 0.25) is 11.8 Å². The highest BCUT2D eigenvalue weighted by atomic mass is 33.1. The molecule has 0 aromatic heterocycles. The molecule has 2 unspecified atom stereocenters. The first kappa shape index (κ1) is 41.8. The summed E-state index contributed by atoms with van der Waals surface area (Å²) < 4.78 is 0. The van der Waals surface area contributed by atoms with Crippen molar-refractivity contribution in [3.8, 4) is 0 Å². The van der Waals surface area contributed by atoms with Gasteiger partial charge in [-0.2, -0.15) is 0 Å². The number of hydrogen-bond donors (Lipinski definition) is 4. The predicted octanol–water partition coefficient (Wildman–Crippen LogP) is 8.47. The molecule has 0 bridgehead atoms. The van der Waals surface area contributed by atoms with Gasteiger partial charge in [-0.25, -0.2) is 0 Å². The van der Waals surface area contributed by atoms with E-state index in [0.717, 1.165) is 37.1 Å². The summed E-state index contributed by atoms with van der Waals surface area (Å²) in [6.07, 6.45) is 4.29. The molecule has 0 radical (unpaired) electrons. The zero-order valence-electron chi connectivity index (χ0n) is 32.0. The smallest absolute Gasteiger partial charge is 0.253 e. The van der Waals surface area contributed by atoms with Gasteiger partial charge in [-0.1, -0.05) is 85.4 Å². The molecule has 0 aliphatic carbocycles. The molecule has 4 rings (SSSR count). The van der Waals surface area contributed by atoms with E-state index in [2.05, 4.69) is 21.3 Å². The second-order valence-electron chi connectivity index (χ2n) is 13.4. The topological polar surface area (TPSA) is 123 Å². The van der Waals surface area contributed by atoms with Crippen molar-refractivity contribution in [1.82, 2.24) is 10.6 Å². The Morgan fingerprint density at radius 2 is 0.889 bits per heavy atom. The summed E-state index contributed by atoms with van der Waals surface area (Å²) in [6.45, 7) is 4.09. The number of benzene rings is 4. The van der Waals surface area contributed by atoms with Crippen molar-refractivity contribution in [1.29, 1.82) is 0 Å². The molecule has 4 N–H and O–H groups in total. The third kappa shape index (κ3) is 12.3. The van der Waals surface area contributed by atoms with E-state index in [1.165, 1.54) is 21.6 Å². The molecule has 0 aliphatic heterocycles. The van der Waals surface area contributed by atoms with Crippen molar-refractivity contribution >= 4 is 68.0 Å². The number of nitrogens with zero attached hydrogens (tertiary/aromatic N) is 2. The monoisotopic (exact) mass is 768 g/mol. The third-order valence-corrected chi connectivity index (χ3v) is 11.2. The number of nitrogens with one attached hydrogen (secondary N) is 4. The zero-order valence-corrected chi connectivity index (χ0v) is 33.6. The molecule has 0 fully saturated rings. The van der Waals surface area contributed by atoms with E-state index in [9.17, 15) is 19.2 Å². The summed E-state index contributed by atoms with van der Waals surface area (Å²) in [4.78, 5) is 59.6. The second kappa shape index (κ2) is 21.1. The maximum Gasteiger partial charge on any atom is 0.253 e. The number of carbonyl (C=O) groups is 4. The van der Waals surface area contributed by atoms with Crippen LogP contribution < -0.4 is 31.1 Å². The number of anilines is 4. The van der Waals surface area contributed by atoms with Crippen LogP contribution in [-0.4, -0.2) is 63.9 Å². The molecular weight excluding hydrogens is 717 g/mol. The Morgan fingerprint density at radius 1 is 0.537 bits per heavy atom. The highest BCUT2D eigenvalue weighted by molar-refractivity contribution is 8.76. The number of hydrogen-bond acceptors (Lipinski definition) is 8. The zero-order chi connectivity index (χ0) is 39.0. The number of carbonyl (C=O) groups excluding carboxylic acids is 4. The van der Waals surface area contributed by atoms with Crippen molar-refractivity contribution < 1.29 is 19.2 Å². The summed E-state index contributed by atoms with van der Waals surface area (Å²) in [5.74, 6) is -1.26. The van der Waals surface area contributed by atoms with Crippen molar-refractivity contribution in [3.05, 3.63) is 108 Å². The van der Waals surface area contributed by atoms with Gasteiger partial charge in [0.25, 0.3) is 11.8 Å². The average Bonchev–Trinajstić information content (AvgIpc) is 3.17. The number of unbranched alkanes of at least 4 members (excludes halogenated alkanes) is 2. The SMILES string of the molecule is CCCCC(NC(=O)c1ccccc1SSc1ccccc1C(=O)NC(CCCC)C(=O)Nc1ccc(N(C)C)cc1)C(=O)Nc1ccc(N(C)C)cc1. The maximum absolute atomic E-state index is 13.7. The van der Waals surface area contributed by atoms with E-state index < -0.39 is 12.1 Å². The second-order valence-corrected chi connectivity index (χ2v) is 15.6. The molecule has 286 valence electrons. The molecule has 4 aromatic rings. The first-order valence-electron chi connectivity index (χ1n) is 18.3. The highest BCUT2D eigenvalue weighted by Crippen LogP contribution is 2.40. The first-order valence-corrected chi connectivity index (χ1v) is 20.5. The van der Waals surface area contributed by atoms with Gasteiger partial charge >= 0.3 is 0 Å². The largest absolute Gasteiger partial charge is 0.378 e. The molecule has 12 heteroatoms. The van der Waals surface area contributed by atoms with E-state index in [0.29, 0.717) is 45.1 Å². The minimum Gasteiger partial charge on any atom is -0.378 e. The van der Waals surface area contributed by atoms with Crippen molar-refractivity contribution in [2.75, 3.05) is 48.6 Å². The highest BCUT2D eigenvalue weighted by Gasteiger charge is 2.25. The molecule has 0 aliphatic rings. The lowest BCUT2D eigenvalue weighted by molar-refractivity contribution is -0.118. The fourth-order valence-corrected chi connectivity index (χ4v) is 7.87. The molecule has 54 heavy (non-hydrogen) atoms. The normalized spacial score (nSPS) is 11.9. The maximum atomic E-state index is 13.7. The van der Waals surface area contributed by atoms with E-state index in [1.807, 2.05) is 125 Å². The van der Waals surface area contributed by atoms with Crippen molar-refractivity contribution in [2.24, 2.45) is 0 Å². The van der Waals surface area contributed by atoms with Gasteiger partial charge in [-0.3, -0.25) is 19.2 Å². The molecule has 10 nitrogen and oxygen atoms in total. The van der Waals surface area contributed by atoms with Crippen LogP contribution in [0.15, 0.2) is 107 Å². The Balaban J connectivity index is 1.44. The van der Waals surface area contributed by atoms with E-state index in [1.54, 1.807) is 24.3 Å². The standard InChI is InChI=1S/C42H52N6O4S2/c1-7-9-17-35(41(51)43-29-21-25-31(26-22-29)47(3)4)45-39(49)33-15-11-13-19-37(33)53-54-38-20-14-12-16-34(38)40(50)46-36(18-10-8-2)42(52)44-30-23-27-32(28-24-30)48(5)6/h11-16,19-28,35-36H,7-10,17-18H2,1-6H3,(H,43,51)(H,44,52)(H,45,49)(H,46,50). The molecule has 4 aromatic carbocycles. The molecule has 4 amide bonds. The van der Waals surface area contributed by atoms with Crippen LogP contribution in [0.3, 0.4) is 0 Å². The predicted molar refractivity (Wildman–Crippen MR) is 225 cm³/mol. The molecule has 0 spiro atoms. The van der Waals surface area contributed by atoms with Gasteiger partial charge in [0, 0.05) is 60.7 Å². The Bertz CT molecular complexity index is 1720. The van der Waals surface area contributed by atoms with Gasteiger partial charge in [0.1, 0.15) is 12.1 Å². The molecule has 0 heterocycles. The van der Waals surface area contributed by atoms with Gasteiger partial charge in [0.15, 0.2) is 0 Å². The first-order chi connectivity index (χ1) is 26.0. The summed E-state index contributed by atoms with van der Waals surface area (Å²) in [7, 11) is 10.5. The van der Waals surface area contributed by atoms with Crippen LogP contribution >= 0.6 is 21.6 Å². The Morgan fingerprint density at radius 3 is 1.22 bits per heavy atom. The van der Waals surface area contributed by atoms with Crippen LogP contribution in [-0.2, 0) is 9.59 Å². The third-order valence-electron chi connectivity index (χ3n) is 8.72. The fourth-order valence-electron chi connectivity index (χ4n) is 5.51. The van der Waals surface area contributed by atoms with E-state index in [4.69, 9.17) is 0 Å². The Kier molecular flexibility index (Phi) is 16.3. The summed E-state index contributed by atoms with van der Waals surface area (Å²) in [5.41, 5.74) is 4.20. The molecular formula is C42H52N6O4S2. The van der Waals surface area contributed by atoms with Crippen LogP contribution in [0.5, 0.6) is 0 Å². The minimum atomic E-state index is -0.726. The average molecular weight is 769 g/mol. The van der Waals surface area contributed by atoms with Crippen molar-refractivity contribution in [2.45, 2.75) is 74.2 Å². The van der Waals surface area contributed by atoms with E-state index in [-0.39, 0.29) is 23.6 Å². The van der Waals surface area contributed by atoms with Crippen LogP contribution in [0.2, 0.25) is 0 Å². The minimum absolute atomic E-state index is 0.276. The van der Waals surface area contributed by atoms with E-state index >= 15 is 0 Å². The summed E-state index contributed by atoms with van der Waals surface area (Å²) >= 11 is 0. The summed E-state index contributed by atoms with van der Waals surface area (Å²) in [5, 5.41) is 11.9.